The zero-order valence-electron chi connectivity index (χ0n) is 12.4. The zero-order valence-corrected chi connectivity index (χ0v) is 14.0. The molecule has 2 aromatic rings. The van der Waals surface area contributed by atoms with E-state index in [1.54, 1.807) is 36.4 Å². The molecule has 8 heteroatoms. The number of amides is 1. The van der Waals surface area contributed by atoms with Crippen molar-refractivity contribution in [3.63, 3.8) is 0 Å². The number of para-hydroxylation sites is 1. The second-order valence-electron chi connectivity index (χ2n) is 4.53. The van der Waals surface area contributed by atoms with Crippen LogP contribution < -0.4 is 15.2 Å². The quantitative estimate of drug-likeness (QED) is 0.743. The average Bonchev–Trinajstić information content (AvgIpc) is 2.53. The van der Waals surface area contributed by atoms with Crippen LogP contribution in [0.2, 0.25) is 0 Å². The van der Waals surface area contributed by atoms with Crippen molar-refractivity contribution in [3.05, 3.63) is 48.5 Å². The molecule has 0 atom stereocenters. The van der Waals surface area contributed by atoms with Crippen LogP contribution in [-0.4, -0.2) is 27.2 Å². The molecule has 2 aromatic carbocycles. The Hall–Kier alpha value is -2.19. The van der Waals surface area contributed by atoms with Gasteiger partial charge in [-0.25, -0.2) is 8.42 Å². The smallest absolute Gasteiger partial charge is 0.261 e. The average molecular weight is 352 g/mol. The number of methoxy groups -OCH3 is 1. The summed E-state index contributed by atoms with van der Waals surface area (Å²) in [5.74, 6) is 0.172. The first-order valence-electron chi connectivity index (χ1n) is 6.59. The van der Waals surface area contributed by atoms with Crippen molar-refractivity contribution in [2.45, 2.75) is 9.79 Å². The third-order valence-electron chi connectivity index (χ3n) is 2.87. The van der Waals surface area contributed by atoms with E-state index in [0.717, 1.165) is 0 Å². The number of primary amides is 1. The van der Waals surface area contributed by atoms with Gasteiger partial charge in [0.05, 0.1) is 23.4 Å². The first kappa shape index (κ1) is 17.2. The highest BCUT2D eigenvalue weighted by molar-refractivity contribution is 8.00. The van der Waals surface area contributed by atoms with Crippen LogP contribution in [0, 0.1) is 0 Å². The third-order valence-corrected chi connectivity index (χ3v) is 5.35. The van der Waals surface area contributed by atoms with Crippen LogP contribution in [0.1, 0.15) is 0 Å². The van der Waals surface area contributed by atoms with Gasteiger partial charge in [-0.2, -0.15) is 0 Å². The lowest BCUT2D eigenvalue weighted by atomic mass is 10.3. The van der Waals surface area contributed by atoms with Gasteiger partial charge in [0.25, 0.3) is 10.0 Å². The van der Waals surface area contributed by atoms with Crippen molar-refractivity contribution in [1.82, 2.24) is 0 Å². The summed E-state index contributed by atoms with van der Waals surface area (Å²) < 4.78 is 32.4. The Kier molecular flexibility index (Phi) is 5.51. The minimum absolute atomic E-state index is 0.0707. The Morgan fingerprint density at radius 1 is 1.17 bits per heavy atom. The number of hydrogen-bond donors (Lipinski definition) is 2. The molecule has 0 bridgehead atoms. The molecule has 0 unspecified atom stereocenters. The van der Waals surface area contributed by atoms with E-state index < -0.39 is 15.9 Å². The monoisotopic (exact) mass is 352 g/mol. The molecule has 0 saturated heterocycles. The molecular weight excluding hydrogens is 336 g/mol. The van der Waals surface area contributed by atoms with E-state index in [1.165, 1.54) is 31.0 Å². The fourth-order valence-corrected chi connectivity index (χ4v) is 3.68. The van der Waals surface area contributed by atoms with Gasteiger partial charge in [-0.1, -0.05) is 12.1 Å². The third kappa shape index (κ3) is 4.64. The molecule has 23 heavy (non-hydrogen) atoms. The lowest BCUT2D eigenvalue weighted by Gasteiger charge is -2.12. The first-order chi connectivity index (χ1) is 10.9. The Balaban J connectivity index is 2.24. The highest BCUT2D eigenvalue weighted by Crippen LogP contribution is 2.29. The van der Waals surface area contributed by atoms with Gasteiger partial charge in [0.1, 0.15) is 5.75 Å². The maximum atomic E-state index is 12.4. The van der Waals surface area contributed by atoms with Gasteiger partial charge in [-0.15, -0.1) is 11.8 Å². The van der Waals surface area contributed by atoms with Crippen LogP contribution in [0.3, 0.4) is 0 Å². The molecule has 0 fully saturated rings. The Morgan fingerprint density at radius 2 is 1.83 bits per heavy atom. The number of carbonyl (C=O) groups excluding carboxylic acids is 1. The van der Waals surface area contributed by atoms with Crippen LogP contribution in [0.25, 0.3) is 0 Å². The molecule has 0 aliphatic rings. The maximum Gasteiger partial charge on any atom is 0.261 e. The highest BCUT2D eigenvalue weighted by atomic mass is 32.2. The van der Waals surface area contributed by atoms with Crippen LogP contribution in [-0.2, 0) is 14.8 Å². The molecule has 6 nitrogen and oxygen atoms in total. The summed E-state index contributed by atoms with van der Waals surface area (Å²) in [4.78, 5) is 11.6. The Labute approximate surface area is 139 Å². The fourth-order valence-electron chi connectivity index (χ4n) is 1.78. The van der Waals surface area contributed by atoms with Gasteiger partial charge in [-0.3, -0.25) is 9.52 Å². The lowest BCUT2D eigenvalue weighted by molar-refractivity contribution is -0.115. The number of sulfonamides is 1. The lowest BCUT2D eigenvalue weighted by Crippen LogP contribution is -2.15. The molecule has 0 radical (unpaired) electrons. The Morgan fingerprint density at radius 3 is 2.43 bits per heavy atom. The predicted molar refractivity (Wildman–Crippen MR) is 90.2 cm³/mol. The molecule has 3 N–H and O–H groups in total. The van der Waals surface area contributed by atoms with Gasteiger partial charge in [0, 0.05) is 4.90 Å². The number of carbonyl (C=O) groups is 1. The normalized spacial score (nSPS) is 11.0. The van der Waals surface area contributed by atoms with Gasteiger partial charge < -0.3 is 10.5 Å². The van der Waals surface area contributed by atoms with E-state index in [4.69, 9.17) is 10.5 Å². The maximum absolute atomic E-state index is 12.4. The summed E-state index contributed by atoms with van der Waals surface area (Å²) in [5, 5.41) is 0. The summed E-state index contributed by atoms with van der Waals surface area (Å²) in [5.41, 5.74) is 5.52. The van der Waals surface area contributed by atoms with Gasteiger partial charge in [0.15, 0.2) is 0 Å². The van der Waals surface area contributed by atoms with E-state index >= 15 is 0 Å². The Bertz CT molecular complexity index is 789. The van der Waals surface area contributed by atoms with Gasteiger partial charge in [-0.05, 0) is 36.4 Å². The standard InChI is InChI=1S/C15H16N2O4S2/c1-21-11-6-8-12(9-7-11)23(19,20)17-13-4-2-3-5-14(13)22-10-15(16)18/h2-9,17H,10H2,1H3,(H2,16,18). The van der Waals surface area contributed by atoms with Gasteiger partial charge in [0.2, 0.25) is 5.91 Å². The van der Waals surface area contributed by atoms with Crippen LogP contribution in [0.15, 0.2) is 58.3 Å². The van der Waals surface area contributed by atoms with Crippen molar-refractivity contribution in [2.24, 2.45) is 5.73 Å². The zero-order chi connectivity index (χ0) is 16.9. The molecule has 1 amide bonds. The molecule has 0 aliphatic heterocycles. The van der Waals surface area contributed by atoms with E-state index in [9.17, 15) is 13.2 Å². The topological polar surface area (TPSA) is 98.5 Å². The van der Waals surface area contributed by atoms with Crippen molar-refractivity contribution >= 4 is 33.4 Å². The number of anilines is 1. The van der Waals surface area contributed by atoms with Crippen molar-refractivity contribution in [1.29, 1.82) is 0 Å². The summed E-state index contributed by atoms with van der Waals surface area (Å²) in [6, 6.07) is 12.9. The van der Waals surface area contributed by atoms with E-state index in [1.807, 2.05) is 0 Å². The summed E-state index contributed by atoms with van der Waals surface area (Å²) in [7, 11) is -2.23. The summed E-state index contributed by atoms with van der Waals surface area (Å²) in [6.07, 6.45) is 0. The number of nitrogens with two attached hydrogens (primary N) is 1. The second kappa shape index (κ2) is 7.38. The van der Waals surface area contributed by atoms with Crippen LogP contribution in [0.5, 0.6) is 5.75 Å². The van der Waals surface area contributed by atoms with Gasteiger partial charge >= 0.3 is 0 Å². The summed E-state index contributed by atoms with van der Waals surface area (Å²) in [6.45, 7) is 0. The molecule has 0 aliphatic carbocycles. The molecule has 0 spiro atoms. The first-order valence-corrected chi connectivity index (χ1v) is 9.06. The number of hydrogen-bond acceptors (Lipinski definition) is 5. The summed E-state index contributed by atoms with van der Waals surface area (Å²) >= 11 is 1.18. The van der Waals surface area contributed by atoms with Crippen molar-refractivity contribution in [3.8, 4) is 5.75 Å². The largest absolute Gasteiger partial charge is 0.497 e. The fraction of sp³-hybridized carbons (Fsp3) is 0.133. The van der Waals surface area contributed by atoms with Crippen molar-refractivity contribution in [2.75, 3.05) is 17.6 Å². The molecule has 0 saturated carbocycles. The highest BCUT2D eigenvalue weighted by Gasteiger charge is 2.16. The van der Waals surface area contributed by atoms with E-state index in [0.29, 0.717) is 16.3 Å². The number of ether oxygens (including phenoxy) is 1. The number of benzene rings is 2. The molecule has 0 heterocycles. The van der Waals surface area contributed by atoms with E-state index in [2.05, 4.69) is 4.72 Å². The van der Waals surface area contributed by atoms with Crippen LogP contribution >= 0.6 is 11.8 Å². The molecule has 2 rings (SSSR count). The number of nitrogens with one attached hydrogen (secondary N) is 1. The van der Waals surface area contributed by atoms with E-state index in [-0.39, 0.29) is 10.6 Å². The van der Waals surface area contributed by atoms with Crippen LogP contribution in [0.4, 0.5) is 5.69 Å². The number of rotatable bonds is 7. The molecule has 122 valence electrons. The number of thioether (sulfide) groups is 1. The minimum Gasteiger partial charge on any atom is -0.497 e. The second-order valence-corrected chi connectivity index (χ2v) is 7.23. The van der Waals surface area contributed by atoms with Crippen molar-refractivity contribution < 1.29 is 17.9 Å². The SMILES string of the molecule is COc1ccc(S(=O)(=O)Nc2ccccc2SCC(N)=O)cc1. The predicted octanol–water partition coefficient (Wildman–Crippen LogP) is 2.07. The molecular formula is C15H16N2O4S2. The minimum atomic E-state index is -3.73. The molecule has 0 aromatic heterocycles.